The molecule has 0 aliphatic carbocycles. The lowest BCUT2D eigenvalue weighted by molar-refractivity contribution is -0.856. The SMILES string of the molecule is O=C1OC([N+](=O)[O-])([N+](=O)[O-])c2ccccc21. The molecule has 0 saturated carbocycles. The van der Waals surface area contributed by atoms with E-state index in [4.69, 9.17) is 0 Å². The number of carbonyl (C=O) groups is 1. The Kier molecular flexibility index (Phi) is 1.87. The summed E-state index contributed by atoms with van der Waals surface area (Å²) in [6.07, 6.45) is 0. The highest BCUT2D eigenvalue weighted by atomic mass is 16.8. The van der Waals surface area contributed by atoms with Crippen molar-refractivity contribution in [3.8, 4) is 0 Å². The zero-order valence-corrected chi connectivity index (χ0v) is 7.65. The van der Waals surface area contributed by atoms with Crippen molar-refractivity contribution in [2.45, 2.75) is 5.85 Å². The topological polar surface area (TPSA) is 113 Å². The number of hydrogen-bond acceptors (Lipinski definition) is 6. The summed E-state index contributed by atoms with van der Waals surface area (Å²) in [6, 6.07) is 5.18. The molecule has 0 bridgehead atoms. The van der Waals surface area contributed by atoms with Gasteiger partial charge in [0.25, 0.3) is 0 Å². The lowest BCUT2D eigenvalue weighted by atomic mass is 10.1. The quantitative estimate of drug-likeness (QED) is 0.313. The number of carbonyl (C=O) groups excluding carboxylic acids is 1. The third-order valence-electron chi connectivity index (χ3n) is 2.23. The molecule has 0 N–H and O–H groups in total. The number of nitrogens with zero attached hydrogens (tertiary/aromatic N) is 2. The Labute approximate surface area is 87.7 Å². The molecule has 2 rings (SSSR count). The van der Waals surface area contributed by atoms with E-state index in [1.807, 2.05) is 0 Å². The van der Waals surface area contributed by atoms with E-state index >= 15 is 0 Å². The Hall–Kier alpha value is -2.51. The lowest BCUT2D eigenvalue weighted by Gasteiger charge is -2.09. The van der Waals surface area contributed by atoms with Crippen LogP contribution in [0, 0.1) is 20.2 Å². The Bertz CT molecular complexity index is 497. The van der Waals surface area contributed by atoms with Crippen LogP contribution in [0.4, 0.5) is 0 Å². The minimum atomic E-state index is -3.01. The van der Waals surface area contributed by atoms with Crippen molar-refractivity contribution >= 4 is 5.97 Å². The highest BCUT2D eigenvalue weighted by Crippen LogP contribution is 2.37. The van der Waals surface area contributed by atoms with Gasteiger partial charge in [-0.25, -0.2) is 4.79 Å². The fourth-order valence-corrected chi connectivity index (χ4v) is 1.52. The zero-order valence-electron chi connectivity index (χ0n) is 7.65. The average Bonchev–Trinajstić information content (AvgIpc) is 2.54. The first-order valence-electron chi connectivity index (χ1n) is 4.12. The summed E-state index contributed by atoms with van der Waals surface area (Å²) in [7, 11) is 0. The Morgan fingerprint density at radius 3 is 2.25 bits per heavy atom. The smallest absolute Gasteiger partial charge is 0.329 e. The van der Waals surface area contributed by atoms with Crippen LogP contribution in [-0.2, 0) is 10.6 Å². The van der Waals surface area contributed by atoms with Crippen molar-refractivity contribution in [3.63, 3.8) is 0 Å². The average molecular weight is 224 g/mol. The number of cyclic esters (lactones) is 1. The summed E-state index contributed by atoms with van der Waals surface area (Å²) in [5.74, 6) is -4.07. The van der Waals surface area contributed by atoms with E-state index in [0.717, 1.165) is 6.07 Å². The van der Waals surface area contributed by atoms with Crippen LogP contribution in [0.2, 0.25) is 0 Å². The van der Waals surface area contributed by atoms with Crippen LogP contribution >= 0.6 is 0 Å². The number of benzene rings is 1. The molecule has 82 valence electrons. The second-order valence-corrected chi connectivity index (χ2v) is 3.06. The molecule has 0 atom stereocenters. The Morgan fingerprint density at radius 1 is 1.12 bits per heavy atom. The van der Waals surface area contributed by atoms with E-state index in [2.05, 4.69) is 4.74 Å². The van der Waals surface area contributed by atoms with Crippen LogP contribution < -0.4 is 0 Å². The molecule has 0 aromatic heterocycles. The predicted molar refractivity (Wildman–Crippen MR) is 47.5 cm³/mol. The van der Waals surface area contributed by atoms with E-state index in [9.17, 15) is 25.0 Å². The highest BCUT2D eigenvalue weighted by molar-refractivity contribution is 5.94. The second-order valence-electron chi connectivity index (χ2n) is 3.06. The van der Waals surface area contributed by atoms with Gasteiger partial charge in [-0.15, -0.1) is 0 Å². The van der Waals surface area contributed by atoms with Crippen molar-refractivity contribution in [1.29, 1.82) is 0 Å². The molecule has 8 nitrogen and oxygen atoms in total. The van der Waals surface area contributed by atoms with Gasteiger partial charge in [0, 0.05) is 0 Å². The molecule has 0 saturated heterocycles. The standard InChI is InChI=1S/C8H4N2O6/c11-7-5-3-1-2-4-6(5)8(16-7,9(12)13)10(14)15/h1-4H. The maximum Gasteiger partial charge on any atom is 0.652 e. The van der Waals surface area contributed by atoms with Gasteiger partial charge in [-0.3, -0.25) is 20.2 Å². The monoisotopic (exact) mass is 224 g/mol. The molecular weight excluding hydrogens is 220 g/mol. The van der Waals surface area contributed by atoms with Gasteiger partial charge in [-0.05, 0) is 12.1 Å². The van der Waals surface area contributed by atoms with E-state index in [1.54, 1.807) is 0 Å². The maximum absolute atomic E-state index is 11.3. The van der Waals surface area contributed by atoms with E-state index in [1.165, 1.54) is 18.2 Å². The fourth-order valence-electron chi connectivity index (χ4n) is 1.52. The minimum Gasteiger partial charge on any atom is -0.329 e. The molecule has 0 fully saturated rings. The molecule has 8 heteroatoms. The molecule has 1 aliphatic rings. The molecule has 0 radical (unpaired) electrons. The van der Waals surface area contributed by atoms with Crippen LogP contribution in [0.3, 0.4) is 0 Å². The van der Waals surface area contributed by atoms with E-state index < -0.39 is 21.7 Å². The first-order valence-corrected chi connectivity index (χ1v) is 4.12. The molecule has 0 unspecified atom stereocenters. The lowest BCUT2D eigenvalue weighted by Crippen LogP contribution is -2.43. The van der Waals surface area contributed by atoms with Crippen molar-refractivity contribution in [3.05, 3.63) is 55.6 Å². The number of hydrogen-bond donors (Lipinski definition) is 0. The van der Waals surface area contributed by atoms with Crippen LogP contribution in [0.5, 0.6) is 0 Å². The van der Waals surface area contributed by atoms with Crippen molar-refractivity contribution in [1.82, 2.24) is 0 Å². The number of fused-ring (bicyclic) bond motifs is 1. The fraction of sp³-hybridized carbons (Fsp3) is 0.125. The Morgan fingerprint density at radius 2 is 1.69 bits per heavy atom. The zero-order chi connectivity index (χ0) is 11.9. The number of ether oxygens (including phenoxy) is 1. The molecule has 16 heavy (non-hydrogen) atoms. The largest absolute Gasteiger partial charge is 0.652 e. The maximum atomic E-state index is 11.3. The number of rotatable bonds is 2. The number of nitro groups is 2. The molecule has 1 aromatic rings. The van der Waals surface area contributed by atoms with Crippen molar-refractivity contribution in [2.24, 2.45) is 0 Å². The first-order chi connectivity index (χ1) is 7.50. The third-order valence-corrected chi connectivity index (χ3v) is 2.23. The summed E-state index contributed by atoms with van der Waals surface area (Å²) in [4.78, 5) is 30.3. The molecular formula is C8H4N2O6. The molecule has 1 heterocycles. The second kappa shape index (κ2) is 2.99. The summed E-state index contributed by atoms with van der Waals surface area (Å²) in [6.45, 7) is 0. The molecule has 1 aromatic carbocycles. The van der Waals surface area contributed by atoms with Gasteiger partial charge < -0.3 is 4.74 Å². The molecule has 1 aliphatic heterocycles. The first kappa shape index (κ1) is 10.0. The van der Waals surface area contributed by atoms with Crippen molar-refractivity contribution in [2.75, 3.05) is 0 Å². The predicted octanol–water partition coefficient (Wildman–Crippen LogP) is 0.521. The molecule has 0 spiro atoms. The van der Waals surface area contributed by atoms with E-state index in [0.29, 0.717) is 0 Å². The van der Waals surface area contributed by atoms with Gasteiger partial charge in [0.05, 0.1) is 5.56 Å². The van der Waals surface area contributed by atoms with Gasteiger partial charge >= 0.3 is 11.8 Å². The summed E-state index contributed by atoms with van der Waals surface area (Å²) < 4.78 is 4.31. The van der Waals surface area contributed by atoms with Crippen LogP contribution in [0.15, 0.2) is 24.3 Å². The van der Waals surface area contributed by atoms with Gasteiger partial charge in [-0.2, -0.15) is 0 Å². The third kappa shape index (κ3) is 1.00. The highest BCUT2D eigenvalue weighted by Gasteiger charge is 2.69. The van der Waals surface area contributed by atoms with Gasteiger partial charge in [0.1, 0.15) is 9.85 Å². The van der Waals surface area contributed by atoms with Crippen LogP contribution in [0.1, 0.15) is 15.9 Å². The summed E-state index contributed by atoms with van der Waals surface area (Å²) >= 11 is 0. The van der Waals surface area contributed by atoms with Gasteiger partial charge in [0.15, 0.2) is 5.56 Å². The molecule has 0 amide bonds. The number of esters is 1. The van der Waals surface area contributed by atoms with E-state index in [-0.39, 0.29) is 11.1 Å². The van der Waals surface area contributed by atoms with Gasteiger partial charge in [0.2, 0.25) is 0 Å². The summed E-state index contributed by atoms with van der Waals surface area (Å²) in [5.41, 5.74) is -0.508. The minimum absolute atomic E-state index is 0.157. The van der Waals surface area contributed by atoms with Gasteiger partial charge in [-0.1, -0.05) is 12.1 Å². The normalized spacial score (nSPS) is 16.4. The van der Waals surface area contributed by atoms with Crippen LogP contribution in [-0.4, -0.2) is 15.8 Å². The summed E-state index contributed by atoms with van der Waals surface area (Å²) in [5, 5.41) is 21.5. The van der Waals surface area contributed by atoms with Crippen molar-refractivity contribution < 1.29 is 19.4 Å². The Balaban J connectivity index is 2.74. The van der Waals surface area contributed by atoms with Crippen LogP contribution in [0.25, 0.3) is 0 Å².